The summed E-state index contributed by atoms with van der Waals surface area (Å²) in [6.45, 7) is 5.88. The Balaban J connectivity index is 1.74. The molecule has 0 spiro atoms. The van der Waals surface area contributed by atoms with Gasteiger partial charge in [-0.15, -0.1) is 11.3 Å². The molecular formula is C26H27F3N2O2S2. The third kappa shape index (κ3) is 6.73. The summed E-state index contributed by atoms with van der Waals surface area (Å²) in [5.74, 6) is 0.107. The number of alkyl halides is 3. The number of Topliss-reactive ketones (excluding diaryl/α,β-unsaturated/α-hetero) is 1. The molecule has 0 bridgehead atoms. The van der Waals surface area contributed by atoms with Gasteiger partial charge in [-0.25, -0.2) is 4.98 Å². The van der Waals surface area contributed by atoms with E-state index in [0.717, 1.165) is 44.9 Å². The zero-order chi connectivity index (χ0) is 25.9. The molecule has 0 atom stereocenters. The Bertz CT molecular complexity index is 1220. The highest BCUT2D eigenvalue weighted by molar-refractivity contribution is 8.13. The predicted molar refractivity (Wildman–Crippen MR) is 135 cm³/mol. The van der Waals surface area contributed by atoms with Crippen molar-refractivity contribution in [3.8, 4) is 10.6 Å². The lowest BCUT2D eigenvalue weighted by molar-refractivity contribution is -0.137. The van der Waals surface area contributed by atoms with Crippen molar-refractivity contribution in [1.29, 1.82) is 0 Å². The van der Waals surface area contributed by atoms with Crippen molar-refractivity contribution < 1.29 is 22.8 Å². The number of hydrogen-bond donors (Lipinski definition) is 0. The highest BCUT2D eigenvalue weighted by atomic mass is 32.2. The Kier molecular flexibility index (Phi) is 8.43. The fraction of sp³-hybridized carbons (Fsp3) is 0.346. The van der Waals surface area contributed by atoms with Crippen LogP contribution in [0.1, 0.15) is 58.2 Å². The van der Waals surface area contributed by atoms with E-state index >= 15 is 0 Å². The molecule has 0 unspecified atom stereocenters. The quantitative estimate of drug-likeness (QED) is 0.235. The Hall–Kier alpha value is -2.65. The number of carbonyl (C=O) groups excluding carboxylic acids is 2. The van der Waals surface area contributed by atoms with Gasteiger partial charge in [-0.05, 0) is 60.9 Å². The van der Waals surface area contributed by atoms with Crippen LogP contribution in [0.3, 0.4) is 0 Å². The van der Waals surface area contributed by atoms with Crippen molar-refractivity contribution >= 4 is 34.1 Å². The molecule has 1 heterocycles. The third-order valence-corrected chi connectivity index (χ3v) is 7.77. The van der Waals surface area contributed by atoms with Crippen molar-refractivity contribution in [3.63, 3.8) is 0 Å². The number of aryl methyl sites for hydroxylation is 2. The summed E-state index contributed by atoms with van der Waals surface area (Å²) in [5, 5.41) is 0.565. The summed E-state index contributed by atoms with van der Waals surface area (Å²) in [6, 6.07) is 10.3. The lowest BCUT2D eigenvalue weighted by Gasteiger charge is -2.11. The molecule has 0 aliphatic carbocycles. The van der Waals surface area contributed by atoms with Gasteiger partial charge in [0.05, 0.1) is 11.3 Å². The van der Waals surface area contributed by atoms with Gasteiger partial charge in [0.2, 0.25) is 0 Å². The smallest absolute Gasteiger partial charge is 0.339 e. The van der Waals surface area contributed by atoms with Crippen LogP contribution >= 0.6 is 23.1 Å². The first-order valence-corrected chi connectivity index (χ1v) is 12.7. The number of nitrogens with zero attached hydrogens (tertiary/aromatic N) is 2. The van der Waals surface area contributed by atoms with Crippen LogP contribution in [0.5, 0.6) is 0 Å². The van der Waals surface area contributed by atoms with Crippen LogP contribution in [0.25, 0.3) is 10.6 Å². The molecule has 3 aromatic rings. The Morgan fingerprint density at radius 2 is 1.74 bits per heavy atom. The first-order valence-electron chi connectivity index (χ1n) is 11.1. The Morgan fingerprint density at radius 1 is 1.09 bits per heavy atom. The molecule has 186 valence electrons. The van der Waals surface area contributed by atoms with E-state index in [9.17, 15) is 22.8 Å². The predicted octanol–water partition coefficient (Wildman–Crippen LogP) is 7.85. The molecule has 2 aromatic carbocycles. The summed E-state index contributed by atoms with van der Waals surface area (Å²) in [4.78, 5) is 32.8. The van der Waals surface area contributed by atoms with Gasteiger partial charge in [-0.3, -0.25) is 9.59 Å². The van der Waals surface area contributed by atoms with Gasteiger partial charge in [0.25, 0.3) is 5.24 Å². The average Bonchev–Trinajstić information content (AvgIpc) is 3.23. The topological polar surface area (TPSA) is 50.3 Å². The van der Waals surface area contributed by atoms with Crippen molar-refractivity contribution in [2.75, 3.05) is 14.1 Å². The first-order chi connectivity index (χ1) is 16.4. The molecule has 0 N–H and O–H groups in total. The largest absolute Gasteiger partial charge is 0.416 e. The third-order valence-electron chi connectivity index (χ3n) is 5.37. The fourth-order valence-corrected chi connectivity index (χ4v) is 5.36. The molecule has 0 radical (unpaired) electrons. The molecule has 0 fully saturated rings. The van der Waals surface area contributed by atoms with Crippen LogP contribution in [0.2, 0.25) is 0 Å². The van der Waals surface area contributed by atoms with Gasteiger partial charge in [-0.1, -0.05) is 32.0 Å². The summed E-state index contributed by atoms with van der Waals surface area (Å²) in [5.41, 5.74) is 2.24. The molecule has 9 heteroatoms. The van der Waals surface area contributed by atoms with Crippen LogP contribution < -0.4 is 0 Å². The van der Waals surface area contributed by atoms with Gasteiger partial charge in [0, 0.05) is 41.4 Å². The highest BCUT2D eigenvalue weighted by Crippen LogP contribution is 2.35. The molecule has 1 aromatic heterocycles. The standard InChI is InChI=1S/C26H27F3N2O2S2/c1-15(2)23-22(34-24(30-23)17-6-9-19(10-7-17)26(27,28)29)13-11-20(32)18-8-12-21(16(3)14-18)35-25(33)31(4)5/h6-10,12,14-15H,11,13H2,1-5H3. The minimum absolute atomic E-state index is 0.0113. The zero-order valence-corrected chi connectivity index (χ0v) is 21.8. The second-order valence-electron chi connectivity index (χ2n) is 8.72. The molecule has 0 saturated carbocycles. The van der Waals surface area contributed by atoms with Crippen LogP contribution in [0.15, 0.2) is 47.4 Å². The average molecular weight is 521 g/mol. The van der Waals surface area contributed by atoms with Gasteiger partial charge >= 0.3 is 6.18 Å². The number of ketones is 1. The molecule has 3 rings (SSSR count). The van der Waals surface area contributed by atoms with E-state index in [1.165, 1.54) is 28.4 Å². The SMILES string of the molecule is Cc1cc(C(=O)CCc2sc(-c3ccc(C(F)(F)F)cc3)nc2C(C)C)ccc1SC(=O)N(C)C. The van der Waals surface area contributed by atoms with Crippen LogP contribution in [0.4, 0.5) is 18.0 Å². The van der Waals surface area contributed by atoms with E-state index < -0.39 is 11.7 Å². The van der Waals surface area contributed by atoms with E-state index in [2.05, 4.69) is 4.98 Å². The lowest BCUT2D eigenvalue weighted by atomic mass is 10.0. The van der Waals surface area contributed by atoms with Crippen LogP contribution in [-0.4, -0.2) is 35.0 Å². The van der Waals surface area contributed by atoms with Gasteiger partial charge < -0.3 is 4.90 Å². The summed E-state index contributed by atoms with van der Waals surface area (Å²) < 4.78 is 38.7. The number of rotatable bonds is 7. The minimum Gasteiger partial charge on any atom is -0.339 e. The second kappa shape index (κ2) is 11.0. The van der Waals surface area contributed by atoms with Crippen LogP contribution in [0, 0.1) is 6.92 Å². The van der Waals surface area contributed by atoms with Gasteiger partial charge in [0.15, 0.2) is 5.78 Å². The number of aromatic nitrogens is 1. The second-order valence-corrected chi connectivity index (χ2v) is 10.8. The van der Waals surface area contributed by atoms with E-state index in [-0.39, 0.29) is 23.4 Å². The highest BCUT2D eigenvalue weighted by Gasteiger charge is 2.30. The Labute approximate surface area is 211 Å². The number of amides is 1. The number of halogens is 3. The number of carbonyl (C=O) groups is 2. The van der Waals surface area contributed by atoms with E-state index in [1.807, 2.05) is 20.8 Å². The van der Waals surface area contributed by atoms with E-state index in [4.69, 9.17) is 0 Å². The van der Waals surface area contributed by atoms with Crippen LogP contribution in [-0.2, 0) is 12.6 Å². The van der Waals surface area contributed by atoms with E-state index in [1.54, 1.807) is 32.3 Å². The summed E-state index contributed by atoms with van der Waals surface area (Å²) in [7, 11) is 3.38. The molecular weight excluding hydrogens is 493 g/mol. The maximum absolute atomic E-state index is 12.9. The van der Waals surface area contributed by atoms with Crippen molar-refractivity contribution in [2.45, 2.75) is 50.6 Å². The van der Waals surface area contributed by atoms with Crippen molar-refractivity contribution in [1.82, 2.24) is 9.88 Å². The fourth-order valence-electron chi connectivity index (χ4n) is 3.41. The maximum Gasteiger partial charge on any atom is 0.416 e. The van der Waals surface area contributed by atoms with Crippen molar-refractivity contribution in [3.05, 3.63) is 69.7 Å². The molecule has 35 heavy (non-hydrogen) atoms. The summed E-state index contributed by atoms with van der Waals surface area (Å²) in [6.07, 6.45) is -3.59. The molecule has 0 aliphatic rings. The molecule has 0 saturated heterocycles. The normalized spacial score (nSPS) is 11.7. The molecule has 4 nitrogen and oxygen atoms in total. The van der Waals surface area contributed by atoms with Gasteiger partial charge in [0.1, 0.15) is 5.01 Å². The van der Waals surface area contributed by atoms with Crippen molar-refractivity contribution in [2.24, 2.45) is 0 Å². The maximum atomic E-state index is 12.9. The zero-order valence-electron chi connectivity index (χ0n) is 20.2. The minimum atomic E-state index is -4.38. The molecule has 1 amide bonds. The monoisotopic (exact) mass is 520 g/mol. The number of thiazole rings is 1. The number of benzene rings is 2. The number of hydrogen-bond acceptors (Lipinski definition) is 5. The lowest BCUT2D eigenvalue weighted by Crippen LogP contribution is -2.16. The van der Waals surface area contributed by atoms with Gasteiger partial charge in [-0.2, -0.15) is 13.2 Å². The Morgan fingerprint density at radius 3 is 2.29 bits per heavy atom. The number of thioether (sulfide) groups is 1. The molecule has 0 aliphatic heterocycles. The summed E-state index contributed by atoms with van der Waals surface area (Å²) >= 11 is 2.54. The van der Waals surface area contributed by atoms with E-state index in [0.29, 0.717) is 22.6 Å². The first kappa shape index (κ1) is 26.9.